The number of amides is 1. The van der Waals surface area contributed by atoms with Crippen LogP contribution in [-0.4, -0.2) is 48.7 Å². The standard InChI is InChI=1S/C12H22N2O2/c1-3-13-10-5-7-14(11(10)15)12(2)6-4-8-16-9-12/h10,13H,3-9H2,1-2H3. The number of likely N-dealkylation sites (tertiary alicyclic amines) is 1. The van der Waals surface area contributed by atoms with Gasteiger partial charge in [-0.1, -0.05) is 6.92 Å². The molecule has 0 bridgehead atoms. The summed E-state index contributed by atoms with van der Waals surface area (Å²) in [5, 5.41) is 3.25. The molecule has 2 fully saturated rings. The van der Waals surface area contributed by atoms with Crippen LogP contribution in [0.25, 0.3) is 0 Å². The monoisotopic (exact) mass is 226 g/mol. The Labute approximate surface area is 97.3 Å². The Morgan fingerprint density at radius 3 is 3.06 bits per heavy atom. The topological polar surface area (TPSA) is 41.6 Å². The van der Waals surface area contributed by atoms with Gasteiger partial charge in [-0.05, 0) is 32.7 Å². The second kappa shape index (κ2) is 4.72. The maximum absolute atomic E-state index is 12.2. The van der Waals surface area contributed by atoms with E-state index in [1.165, 1.54) is 0 Å². The SMILES string of the molecule is CCNC1CCN(C2(C)CCCOC2)C1=O. The number of carbonyl (C=O) groups excluding carboxylic acids is 1. The highest BCUT2D eigenvalue weighted by Crippen LogP contribution is 2.29. The van der Waals surface area contributed by atoms with E-state index >= 15 is 0 Å². The van der Waals surface area contributed by atoms with E-state index < -0.39 is 0 Å². The van der Waals surface area contributed by atoms with Gasteiger partial charge < -0.3 is 15.0 Å². The fourth-order valence-electron chi connectivity index (χ4n) is 2.78. The quantitative estimate of drug-likeness (QED) is 0.772. The second-order valence-corrected chi connectivity index (χ2v) is 5.04. The number of hydrogen-bond acceptors (Lipinski definition) is 3. The van der Waals surface area contributed by atoms with Crippen molar-refractivity contribution in [2.45, 2.75) is 44.7 Å². The Kier molecular flexibility index (Phi) is 3.50. The molecular formula is C12H22N2O2. The molecule has 2 rings (SSSR count). The third kappa shape index (κ3) is 2.09. The Morgan fingerprint density at radius 2 is 2.44 bits per heavy atom. The summed E-state index contributed by atoms with van der Waals surface area (Å²) < 4.78 is 5.53. The van der Waals surface area contributed by atoms with Gasteiger partial charge >= 0.3 is 0 Å². The van der Waals surface area contributed by atoms with Crippen LogP contribution in [0.2, 0.25) is 0 Å². The number of nitrogens with one attached hydrogen (secondary N) is 1. The summed E-state index contributed by atoms with van der Waals surface area (Å²) in [7, 11) is 0. The van der Waals surface area contributed by atoms with E-state index in [9.17, 15) is 4.79 Å². The van der Waals surface area contributed by atoms with Gasteiger partial charge in [0.05, 0.1) is 18.2 Å². The Morgan fingerprint density at radius 1 is 1.62 bits per heavy atom. The van der Waals surface area contributed by atoms with Gasteiger partial charge in [-0.25, -0.2) is 0 Å². The molecule has 0 aliphatic carbocycles. The zero-order chi connectivity index (χ0) is 11.6. The minimum atomic E-state index is -0.0699. The Hall–Kier alpha value is -0.610. The number of ether oxygens (including phenoxy) is 1. The summed E-state index contributed by atoms with van der Waals surface area (Å²) in [6.07, 6.45) is 3.06. The second-order valence-electron chi connectivity index (χ2n) is 5.04. The van der Waals surface area contributed by atoms with Gasteiger partial charge in [0.2, 0.25) is 5.91 Å². The number of carbonyl (C=O) groups is 1. The first-order chi connectivity index (χ1) is 7.67. The maximum Gasteiger partial charge on any atom is 0.240 e. The number of rotatable bonds is 3. The molecule has 0 saturated carbocycles. The van der Waals surface area contributed by atoms with Gasteiger partial charge in [0.15, 0.2) is 0 Å². The van der Waals surface area contributed by atoms with E-state index in [-0.39, 0.29) is 17.5 Å². The van der Waals surface area contributed by atoms with Crippen LogP contribution < -0.4 is 5.32 Å². The first-order valence-electron chi connectivity index (χ1n) is 6.30. The van der Waals surface area contributed by atoms with Crippen LogP contribution >= 0.6 is 0 Å². The highest BCUT2D eigenvalue weighted by Gasteiger charge is 2.43. The molecule has 4 heteroatoms. The maximum atomic E-state index is 12.2. The van der Waals surface area contributed by atoms with Gasteiger partial charge in [-0.15, -0.1) is 0 Å². The lowest BCUT2D eigenvalue weighted by Crippen LogP contribution is -2.54. The summed E-state index contributed by atoms with van der Waals surface area (Å²) in [5.41, 5.74) is -0.0699. The highest BCUT2D eigenvalue weighted by atomic mass is 16.5. The third-order valence-electron chi connectivity index (χ3n) is 3.72. The van der Waals surface area contributed by atoms with Crippen LogP contribution in [0.5, 0.6) is 0 Å². The van der Waals surface area contributed by atoms with Crippen LogP contribution in [0, 0.1) is 0 Å². The van der Waals surface area contributed by atoms with E-state index in [1.54, 1.807) is 0 Å². The van der Waals surface area contributed by atoms with E-state index in [4.69, 9.17) is 4.74 Å². The summed E-state index contributed by atoms with van der Waals surface area (Å²) in [6.45, 7) is 7.46. The summed E-state index contributed by atoms with van der Waals surface area (Å²) in [6, 6.07) is 0.0313. The van der Waals surface area contributed by atoms with Crippen LogP contribution in [0.4, 0.5) is 0 Å². The van der Waals surface area contributed by atoms with Crippen molar-refractivity contribution in [1.82, 2.24) is 10.2 Å². The molecule has 2 atom stereocenters. The molecule has 0 aromatic heterocycles. The zero-order valence-electron chi connectivity index (χ0n) is 10.3. The fraction of sp³-hybridized carbons (Fsp3) is 0.917. The van der Waals surface area contributed by atoms with Crippen molar-refractivity contribution in [2.75, 3.05) is 26.3 Å². The Bertz CT molecular complexity index is 262. The average molecular weight is 226 g/mol. The van der Waals surface area contributed by atoms with Crippen LogP contribution in [0.15, 0.2) is 0 Å². The third-order valence-corrected chi connectivity index (χ3v) is 3.72. The number of likely N-dealkylation sites (N-methyl/N-ethyl adjacent to an activating group) is 1. The largest absolute Gasteiger partial charge is 0.379 e. The van der Waals surface area contributed by atoms with Gasteiger partial charge in [0, 0.05) is 13.2 Å². The molecule has 92 valence electrons. The average Bonchev–Trinajstić information content (AvgIpc) is 2.63. The fourth-order valence-corrected chi connectivity index (χ4v) is 2.78. The Balaban J connectivity index is 2.02. The van der Waals surface area contributed by atoms with Gasteiger partial charge in [0.25, 0.3) is 0 Å². The lowest BCUT2D eigenvalue weighted by molar-refractivity contribution is -0.139. The molecule has 0 aromatic carbocycles. The molecule has 0 spiro atoms. The van der Waals surface area contributed by atoms with Crippen LogP contribution in [0.3, 0.4) is 0 Å². The van der Waals surface area contributed by atoms with Gasteiger partial charge in [-0.2, -0.15) is 0 Å². The number of nitrogens with zero attached hydrogens (tertiary/aromatic N) is 1. The van der Waals surface area contributed by atoms with E-state index in [1.807, 2.05) is 11.8 Å². The molecule has 2 aliphatic rings. The van der Waals surface area contributed by atoms with Crippen molar-refractivity contribution in [3.63, 3.8) is 0 Å². The highest BCUT2D eigenvalue weighted by molar-refractivity contribution is 5.84. The van der Waals surface area contributed by atoms with Gasteiger partial charge in [-0.3, -0.25) is 4.79 Å². The molecule has 0 aromatic rings. The first-order valence-corrected chi connectivity index (χ1v) is 6.30. The summed E-state index contributed by atoms with van der Waals surface area (Å²) in [5.74, 6) is 0.259. The first kappa shape index (κ1) is 11.9. The molecule has 2 heterocycles. The molecule has 1 N–H and O–H groups in total. The van der Waals surface area contributed by atoms with Crippen molar-refractivity contribution in [3.05, 3.63) is 0 Å². The molecule has 2 saturated heterocycles. The minimum absolute atomic E-state index is 0.0313. The van der Waals surface area contributed by atoms with E-state index in [0.717, 1.165) is 39.0 Å². The number of hydrogen-bond donors (Lipinski definition) is 1. The molecule has 16 heavy (non-hydrogen) atoms. The molecule has 2 aliphatic heterocycles. The smallest absolute Gasteiger partial charge is 0.240 e. The zero-order valence-corrected chi connectivity index (χ0v) is 10.3. The van der Waals surface area contributed by atoms with Crippen molar-refractivity contribution in [1.29, 1.82) is 0 Å². The molecule has 4 nitrogen and oxygen atoms in total. The summed E-state index contributed by atoms with van der Waals surface area (Å²) >= 11 is 0. The predicted molar refractivity (Wildman–Crippen MR) is 62.3 cm³/mol. The molecule has 2 unspecified atom stereocenters. The molecular weight excluding hydrogens is 204 g/mol. The predicted octanol–water partition coefficient (Wildman–Crippen LogP) is 0.766. The normalized spacial score (nSPS) is 35.8. The molecule has 1 amide bonds. The minimum Gasteiger partial charge on any atom is -0.379 e. The van der Waals surface area contributed by atoms with Crippen LogP contribution in [0.1, 0.15) is 33.1 Å². The van der Waals surface area contributed by atoms with Crippen molar-refractivity contribution in [3.8, 4) is 0 Å². The van der Waals surface area contributed by atoms with Crippen LogP contribution in [-0.2, 0) is 9.53 Å². The van der Waals surface area contributed by atoms with Crippen molar-refractivity contribution < 1.29 is 9.53 Å². The molecule has 0 radical (unpaired) electrons. The van der Waals surface area contributed by atoms with Gasteiger partial charge in [0.1, 0.15) is 0 Å². The lowest BCUT2D eigenvalue weighted by Gasteiger charge is -2.41. The van der Waals surface area contributed by atoms with Crippen molar-refractivity contribution in [2.24, 2.45) is 0 Å². The summed E-state index contributed by atoms with van der Waals surface area (Å²) in [4.78, 5) is 14.2. The van der Waals surface area contributed by atoms with Crippen molar-refractivity contribution >= 4 is 5.91 Å². The lowest BCUT2D eigenvalue weighted by atomic mass is 9.93. The van der Waals surface area contributed by atoms with E-state index in [0.29, 0.717) is 6.61 Å². The van der Waals surface area contributed by atoms with E-state index in [2.05, 4.69) is 12.2 Å².